The van der Waals surface area contributed by atoms with Gasteiger partial charge in [0.05, 0.1) is 0 Å². The van der Waals surface area contributed by atoms with Gasteiger partial charge in [-0.25, -0.2) is 0 Å². The molecule has 0 N–H and O–H groups in total. The molecule has 3 heteroatoms. The molecule has 0 saturated carbocycles. The molecule has 0 amide bonds. The molecule has 0 radical (unpaired) electrons. The minimum atomic E-state index is -0.327. The van der Waals surface area contributed by atoms with Crippen molar-refractivity contribution in [1.82, 2.24) is 0 Å². The van der Waals surface area contributed by atoms with Crippen molar-refractivity contribution < 1.29 is 9.53 Å². The van der Waals surface area contributed by atoms with Gasteiger partial charge in [0.15, 0.2) is 0 Å². The molecule has 2 nitrogen and oxygen atoms in total. The molecule has 58 valence electrons. The van der Waals surface area contributed by atoms with Crippen LogP contribution in [0.2, 0.25) is 13.1 Å². The van der Waals surface area contributed by atoms with E-state index >= 15 is 0 Å². The maximum absolute atomic E-state index is 10.8. The summed E-state index contributed by atoms with van der Waals surface area (Å²) < 4.78 is 5.04. The van der Waals surface area contributed by atoms with E-state index in [-0.39, 0.29) is 11.6 Å². The van der Waals surface area contributed by atoms with Gasteiger partial charge in [-0.1, -0.05) is 6.82 Å². The van der Waals surface area contributed by atoms with Crippen LogP contribution in [0.4, 0.5) is 0 Å². The fourth-order valence-corrected chi connectivity index (χ4v) is 0.597. The van der Waals surface area contributed by atoms with E-state index in [0.29, 0.717) is 6.32 Å². The summed E-state index contributed by atoms with van der Waals surface area (Å²) in [6.07, 6.45) is 0.525. The molecule has 0 heterocycles. The third-order valence-corrected chi connectivity index (χ3v) is 0.874. The Balaban J connectivity index is 3.58. The largest absolute Gasteiger partial charge is 0.460 e. The van der Waals surface area contributed by atoms with Crippen molar-refractivity contribution in [3.63, 3.8) is 0 Å². The molecule has 0 atom stereocenters. The molecule has 0 unspecified atom stereocenters. The number of ether oxygens (including phenoxy) is 1. The fourth-order valence-electron chi connectivity index (χ4n) is 0.597. The van der Waals surface area contributed by atoms with Crippen molar-refractivity contribution in [3.05, 3.63) is 0 Å². The SMILES string of the molecule is CBCC(=O)OC(C)(C)C. The Labute approximate surface area is 63.2 Å². The quantitative estimate of drug-likeness (QED) is 0.428. The van der Waals surface area contributed by atoms with E-state index in [0.717, 1.165) is 7.28 Å². The van der Waals surface area contributed by atoms with Crippen LogP contribution in [0.3, 0.4) is 0 Å². The number of hydrogen-bond donors (Lipinski definition) is 0. The molecule has 0 aromatic carbocycles. The lowest BCUT2D eigenvalue weighted by Gasteiger charge is -2.18. The zero-order valence-electron chi connectivity index (χ0n) is 7.23. The molecule has 0 aliphatic heterocycles. The Morgan fingerprint density at radius 2 is 2.00 bits per heavy atom. The van der Waals surface area contributed by atoms with Gasteiger partial charge < -0.3 is 4.74 Å². The minimum Gasteiger partial charge on any atom is -0.460 e. The fraction of sp³-hybridized carbons (Fsp3) is 0.857. The average molecular weight is 142 g/mol. The van der Waals surface area contributed by atoms with E-state index in [9.17, 15) is 4.79 Å². The van der Waals surface area contributed by atoms with Crippen LogP contribution in [-0.4, -0.2) is 18.8 Å². The number of carbonyl (C=O) groups excluding carboxylic acids is 1. The number of carbonyl (C=O) groups is 1. The van der Waals surface area contributed by atoms with Gasteiger partial charge in [0.2, 0.25) is 0 Å². The topological polar surface area (TPSA) is 26.3 Å². The Hall–Kier alpha value is -0.465. The smallest absolute Gasteiger partial charge is 0.298 e. The van der Waals surface area contributed by atoms with Gasteiger partial charge in [0, 0.05) is 6.32 Å². The lowest BCUT2D eigenvalue weighted by atomic mass is 9.78. The molecule has 0 aromatic heterocycles. The van der Waals surface area contributed by atoms with Crippen molar-refractivity contribution in [2.24, 2.45) is 0 Å². The van der Waals surface area contributed by atoms with Crippen molar-refractivity contribution >= 4 is 13.2 Å². The third kappa shape index (κ3) is 5.67. The van der Waals surface area contributed by atoms with Gasteiger partial charge in [0.1, 0.15) is 12.9 Å². The van der Waals surface area contributed by atoms with Gasteiger partial charge in [0.25, 0.3) is 5.97 Å². The zero-order chi connectivity index (χ0) is 8.20. The van der Waals surface area contributed by atoms with E-state index in [1.54, 1.807) is 0 Å². The van der Waals surface area contributed by atoms with Gasteiger partial charge in [-0.2, -0.15) is 0 Å². The molecule has 0 rings (SSSR count). The normalized spacial score (nSPS) is 10.8. The molecule has 0 aliphatic carbocycles. The Bertz CT molecular complexity index is 115. The number of hydrogen-bond acceptors (Lipinski definition) is 2. The first-order chi connectivity index (χ1) is 4.45. The molecule has 0 bridgehead atoms. The monoisotopic (exact) mass is 142 g/mol. The highest BCUT2D eigenvalue weighted by molar-refractivity contribution is 6.39. The van der Waals surface area contributed by atoms with E-state index in [1.807, 2.05) is 27.6 Å². The van der Waals surface area contributed by atoms with Crippen LogP contribution in [-0.2, 0) is 9.53 Å². The van der Waals surface area contributed by atoms with Crippen LogP contribution in [0.1, 0.15) is 20.8 Å². The summed E-state index contributed by atoms with van der Waals surface area (Å²) in [5.41, 5.74) is -0.327. The van der Waals surface area contributed by atoms with E-state index in [2.05, 4.69) is 0 Å². The summed E-state index contributed by atoms with van der Waals surface area (Å²) in [6, 6.07) is 0. The molecule has 0 spiro atoms. The lowest BCUT2D eigenvalue weighted by Crippen LogP contribution is -2.23. The molecule has 0 fully saturated rings. The standard InChI is InChI=1S/C7H15BO2/c1-7(2,3)10-6(9)5-8-4/h8H,5H2,1-4H3. The first-order valence-corrected chi connectivity index (χ1v) is 3.67. The van der Waals surface area contributed by atoms with Crippen LogP contribution in [0.5, 0.6) is 0 Å². The summed E-state index contributed by atoms with van der Waals surface area (Å²) in [6.45, 7) is 7.59. The second-order valence-corrected chi connectivity index (χ2v) is 3.34. The lowest BCUT2D eigenvalue weighted by molar-refractivity contribution is -0.151. The van der Waals surface area contributed by atoms with Crippen molar-refractivity contribution in [3.8, 4) is 0 Å². The summed E-state index contributed by atoms with van der Waals surface area (Å²) in [5, 5.41) is 0. The molecule has 10 heavy (non-hydrogen) atoms. The van der Waals surface area contributed by atoms with Gasteiger partial charge in [-0.3, -0.25) is 4.79 Å². The van der Waals surface area contributed by atoms with Crippen LogP contribution >= 0.6 is 0 Å². The zero-order valence-corrected chi connectivity index (χ0v) is 7.23. The van der Waals surface area contributed by atoms with Crippen LogP contribution < -0.4 is 0 Å². The molecule has 0 aliphatic rings. The minimum absolute atomic E-state index is 0.102. The Morgan fingerprint density at radius 1 is 1.50 bits per heavy atom. The Kier molecular flexibility index (Phi) is 3.47. The summed E-state index contributed by atoms with van der Waals surface area (Å²) in [7, 11) is 0.856. The average Bonchev–Trinajstić information content (AvgIpc) is 1.59. The second kappa shape index (κ2) is 3.64. The highest BCUT2D eigenvalue weighted by Crippen LogP contribution is 2.07. The molecular weight excluding hydrogens is 127 g/mol. The summed E-state index contributed by atoms with van der Waals surface area (Å²) in [4.78, 5) is 10.8. The first kappa shape index (κ1) is 9.53. The molecule has 0 saturated heterocycles. The van der Waals surface area contributed by atoms with Crippen LogP contribution in [0.15, 0.2) is 0 Å². The summed E-state index contributed by atoms with van der Waals surface area (Å²) >= 11 is 0. The van der Waals surface area contributed by atoms with Crippen molar-refractivity contribution in [1.29, 1.82) is 0 Å². The van der Waals surface area contributed by atoms with E-state index < -0.39 is 0 Å². The predicted octanol–water partition coefficient (Wildman–Crippen LogP) is 1.23. The van der Waals surface area contributed by atoms with E-state index in [4.69, 9.17) is 4.74 Å². The van der Waals surface area contributed by atoms with Gasteiger partial charge >= 0.3 is 0 Å². The Morgan fingerprint density at radius 3 is 2.30 bits per heavy atom. The van der Waals surface area contributed by atoms with Crippen molar-refractivity contribution in [2.75, 3.05) is 0 Å². The summed E-state index contributed by atoms with van der Waals surface area (Å²) in [5.74, 6) is -0.102. The second-order valence-electron chi connectivity index (χ2n) is 3.34. The molecule has 0 aromatic rings. The molecular formula is C7H15BO2. The van der Waals surface area contributed by atoms with Gasteiger partial charge in [-0.15, -0.1) is 0 Å². The van der Waals surface area contributed by atoms with E-state index in [1.165, 1.54) is 0 Å². The highest BCUT2D eigenvalue weighted by Gasteiger charge is 2.14. The predicted molar refractivity (Wildman–Crippen MR) is 43.7 cm³/mol. The van der Waals surface area contributed by atoms with Crippen molar-refractivity contribution in [2.45, 2.75) is 39.5 Å². The third-order valence-electron chi connectivity index (χ3n) is 0.874. The maximum Gasteiger partial charge on any atom is 0.298 e. The van der Waals surface area contributed by atoms with Crippen LogP contribution in [0, 0.1) is 0 Å². The maximum atomic E-state index is 10.8. The first-order valence-electron chi connectivity index (χ1n) is 3.67. The number of rotatable bonds is 2. The highest BCUT2D eigenvalue weighted by atomic mass is 16.6. The van der Waals surface area contributed by atoms with Crippen LogP contribution in [0.25, 0.3) is 0 Å². The number of esters is 1. The van der Waals surface area contributed by atoms with Gasteiger partial charge in [-0.05, 0) is 20.8 Å².